The lowest BCUT2D eigenvalue weighted by molar-refractivity contribution is -0.154. The fourth-order valence-corrected chi connectivity index (χ4v) is 4.94. The number of amides is 1. The maximum atomic E-state index is 13.2. The van der Waals surface area contributed by atoms with E-state index in [-0.39, 0.29) is 61.3 Å². The molecule has 0 bridgehead atoms. The second-order valence-corrected chi connectivity index (χ2v) is 11.8. The van der Waals surface area contributed by atoms with E-state index in [2.05, 4.69) is 10.3 Å². The average molecular weight is 532 g/mol. The number of piperidine rings is 1. The van der Waals surface area contributed by atoms with E-state index >= 15 is 0 Å². The molecule has 0 aromatic carbocycles. The number of hydrogen-bond acceptors (Lipinski definition) is 7. The third-order valence-electron chi connectivity index (χ3n) is 5.73. The van der Waals surface area contributed by atoms with Crippen molar-refractivity contribution in [3.05, 3.63) is 30.2 Å². The molecule has 1 aromatic rings. The number of hydrogen-bond donors (Lipinski definition) is 1. The quantitative estimate of drug-likeness (QED) is 0.436. The number of ether oxygens (including phenoxy) is 2. The smallest absolute Gasteiger partial charge is 0.306 e. The van der Waals surface area contributed by atoms with Crippen LogP contribution in [0.2, 0.25) is 0 Å². The maximum Gasteiger partial charge on any atom is 0.306 e. The predicted molar refractivity (Wildman–Crippen MR) is 129 cm³/mol. The Kier molecular flexibility index (Phi) is 10.4. The largest absolute Gasteiger partial charge is 0.473 e. The molecule has 0 unspecified atom stereocenters. The number of nitrogens with zero attached hydrogens (tertiary/aromatic N) is 2. The van der Waals surface area contributed by atoms with Gasteiger partial charge in [-0.3, -0.25) is 9.59 Å². The number of sulfonamides is 1. The van der Waals surface area contributed by atoms with Gasteiger partial charge in [0, 0.05) is 37.5 Å². The molecular weight excluding hydrogens is 496 g/mol. The lowest BCUT2D eigenvalue weighted by Gasteiger charge is -2.37. The van der Waals surface area contributed by atoms with Gasteiger partial charge in [0.2, 0.25) is 21.8 Å². The first-order valence-corrected chi connectivity index (χ1v) is 13.2. The van der Waals surface area contributed by atoms with Crippen molar-refractivity contribution in [1.82, 2.24) is 14.6 Å². The van der Waals surface area contributed by atoms with E-state index in [4.69, 9.17) is 9.47 Å². The van der Waals surface area contributed by atoms with Crippen LogP contribution in [-0.2, 0) is 24.3 Å². The Bertz CT molecular complexity index is 1030. The number of halogens is 2. The summed E-state index contributed by atoms with van der Waals surface area (Å²) < 4.78 is 63.5. The normalized spacial score (nSPS) is 16.9. The molecule has 1 aliphatic rings. The molecule has 0 spiro atoms. The van der Waals surface area contributed by atoms with Gasteiger partial charge in [0.05, 0.1) is 12.5 Å². The van der Waals surface area contributed by atoms with Crippen LogP contribution in [0.5, 0.6) is 5.88 Å². The first-order valence-electron chi connectivity index (χ1n) is 11.7. The molecule has 1 aliphatic heterocycles. The lowest BCUT2D eigenvalue weighted by atomic mass is 9.80. The van der Waals surface area contributed by atoms with E-state index in [1.807, 2.05) is 0 Å². The molecule has 202 valence electrons. The number of aromatic nitrogens is 1. The Labute approximate surface area is 211 Å². The van der Waals surface area contributed by atoms with Crippen LogP contribution in [-0.4, -0.2) is 68.1 Å². The summed E-state index contributed by atoms with van der Waals surface area (Å²) in [6, 6.07) is 2.72. The SMILES string of the molecule is CC(C)(C)OC(=O)CCC(=CF)COc1ccc(S(=O)(=O)N2CCC(C)(C(=O)NCCF)CC2)cn1. The van der Waals surface area contributed by atoms with Gasteiger partial charge < -0.3 is 14.8 Å². The zero-order valence-electron chi connectivity index (χ0n) is 21.2. The molecule has 1 fully saturated rings. The molecule has 1 amide bonds. The van der Waals surface area contributed by atoms with E-state index in [0.29, 0.717) is 19.2 Å². The van der Waals surface area contributed by atoms with E-state index in [1.54, 1.807) is 27.7 Å². The highest BCUT2D eigenvalue weighted by Crippen LogP contribution is 2.33. The van der Waals surface area contributed by atoms with Crippen LogP contribution < -0.4 is 10.1 Å². The number of esters is 1. The lowest BCUT2D eigenvalue weighted by Crippen LogP contribution is -2.49. The van der Waals surface area contributed by atoms with Crippen molar-refractivity contribution in [3.8, 4) is 5.88 Å². The standard InChI is InChI=1S/C24H35F2N3O6S/c1-23(2,3)35-21(30)8-5-18(15-26)17-34-20-7-6-19(16-28-20)36(32,33)29-13-9-24(4,10-14-29)22(31)27-12-11-25/h6-7,15-16H,5,8-14,17H2,1-4H3,(H,27,31). The third-order valence-corrected chi connectivity index (χ3v) is 7.61. The molecule has 2 rings (SSSR count). The molecule has 2 heterocycles. The van der Waals surface area contributed by atoms with Gasteiger partial charge in [0.1, 0.15) is 23.8 Å². The number of alkyl halides is 1. The van der Waals surface area contributed by atoms with Gasteiger partial charge in [0.15, 0.2) is 0 Å². The van der Waals surface area contributed by atoms with Gasteiger partial charge in [-0.15, -0.1) is 0 Å². The summed E-state index contributed by atoms with van der Waals surface area (Å²) in [5, 5.41) is 2.52. The second kappa shape index (κ2) is 12.6. The number of rotatable bonds is 11. The Morgan fingerprint density at radius 3 is 2.42 bits per heavy atom. The van der Waals surface area contributed by atoms with Crippen LogP contribution in [0.3, 0.4) is 0 Å². The average Bonchev–Trinajstić information content (AvgIpc) is 2.82. The molecule has 0 atom stereocenters. The number of nitrogens with one attached hydrogen (secondary N) is 1. The Hall–Kier alpha value is -2.60. The van der Waals surface area contributed by atoms with Crippen molar-refractivity contribution in [2.75, 3.05) is 32.9 Å². The fraction of sp³-hybridized carbons (Fsp3) is 0.625. The van der Waals surface area contributed by atoms with Gasteiger partial charge in [-0.2, -0.15) is 4.31 Å². The van der Waals surface area contributed by atoms with Gasteiger partial charge >= 0.3 is 5.97 Å². The van der Waals surface area contributed by atoms with Gasteiger partial charge in [0.25, 0.3) is 0 Å². The summed E-state index contributed by atoms with van der Waals surface area (Å²) in [6.07, 6.45) is 2.24. The highest BCUT2D eigenvalue weighted by Gasteiger charge is 2.40. The summed E-state index contributed by atoms with van der Waals surface area (Å²) >= 11 is 0. The fourth-order valence-electron chi connectivity index (χ4n) is 3.56. The molecule has 0 radical (unpaired) electrons. The predicted octanol–water partition coefficient (Wildman–Crippen LogP) is 3.31. The highest BCUT2D eigenvalue weighted by atomic mass is 32.2. The second-order valence-electron chi connectivity index (χ2n) is 9.88. The summed E-state index contributed by atoms with van der Waals surface area (Å²) in [6.45, 7) is 6.37. The van der Waals surface area contributed by atoms with Gasteiger partial charge in [-0.25, -0.2) is 22.2 Å². The molecule has 12 heteroatoms. The van der Waals surface area contributed by atoms with Crippen LogP contribution in [0.1, 0.15) is 53.4 Å². The van der Waals surface area contributed by atoms with Crippen molar-refractivity contribution in [2.24, 2.45) is 5.41 Å². The molecular formula is C24H35F2N3O6S. The van der Waals surface area contributed by atoms with Crippen LogP contribution in [0.15, 0.2) is 35.1 Å². The number of pyridine rings is 1. The topological polar surface area (TPSA) is 115 Å². The van der Waals surface area contributed by atoms with E-state index in [0.717, 1.165) is 6.20 Å². The van der Waals surface area contributed by atoms with Crippen LogP contribution >= 0.6 is 0 Å². The molecule has 9 nitrogen and oxygen atoms in total. The minimum atomic E-state index is -3.84. The zero-order chi connectivity index (χ0) is 27.0. The minimum Gasteiger partial charge on any atom is -0.473 e. The molecule has 0 aliphatic carbocycles. The number of carbonyl (C=O) groups is 2. The molecule has 36 heavy (non-hydrogen) atoms. The van der Waals surface area contributed by atoms with E-state index in [9.17, 15) is 26.8 Å². The Morgan fingerprint density at radius 1 is 1.22 bits per heavy atom. The summed E-state index contributed by atoms with van der Waals surface area (Å²) in [5.41, 5.74) is -1.16. The van der Waals surface area contributed by atoms with E-state index < -0.39 is 33.7 Å². The highest BCUT2D eigenvalue weighted by molar-refractivity contribution is 7.89. The Morgan fingerprint density at radius 2 is 1.89 bits per heavy atom. The van der Waals surface area contributed by atoms with Crippen LogP contribution in [0.4, 0.5) is 8.78 Å². The van der Waals surface area contributed by atoms with Crippen molar-refractivity contribution in [2.45, 2.75) is 63.9 Å². The summed E-state index contributed by atoms with van der Waals surface area (Å²) in [5.74, 6) is -0.637. The number of carbonyl (C=O) groups excluding carboxylic acids is 2. The first kappa shape index (κ1) is 29.6. The maximum absolute atomic E-state index is 13.2. The molecule has 0 saturated carbocycles. The van der Waals surface area contributed by atoms with Gasteiger partial charge in [-0.1, -0.05) is 6.92 Å². The zero-order valence-corrected chi connectivity index (χ0v) is 22.0. The van der Waals surface area contributed by atoms with Gasteiger partial charge in [-0.05, 0) is 51.7 Å². The van der Waals surface area contributed by atoms with Crippen molar-refractivity contribution in [1.29, 1.82) is 0 Å². The Balaban J connectivity index is 1.91. The van der Waals surface area contributed by atoms with Crippen molar-refractivity contribution >= 4 is 21.9 Å². The minimum absolute atomic E-state index is 0.00656. The molecule has 1 saturated heterocycles. The van der Waals surface area contributed by atoms with Crippen LogP contribution in [0, 0.1) is 5.41 Å². The van der Waals surface area contributed by atoms with E-state index in [1.165, 1.54) is 16.4 Å². The summed E-state index contributed by atoms with van der Waals surface area (Å²) in [4.78, 5) is 28.1. The third kappa shape index (κ3) is 8.51. The monoisotopic (exact) mass is 531 g/mol. The molecule has 1 N–H and O–H groups in total. The molecule has 1 aromatic heterocycles. The summed E-state index contributed by atoms with van der Waals surface area (Å²) in [7, 11) is -3.84. The first-order chi connectivity index (χ1) is 16.8. The van der Waals surface area contributed by atoms with Crippen molar-refractivity contribution in [3.63, 3.8) is 0 Å². The van der Waals surface area contributed by atoms with Crippen LogP contribution in [0.25, 0.3) is 0 Å². The van der Waals surface area contributed by atoms with Crippen molar-refractivity contribution < 1.29 is 36.3 Å².